The predicted octanol–water partition coefficient (Wildman–Crippen LogP) is 1.04. The number of carboxylic acid groups (broad SMARTS) is 1. The van der Waals surface area contributed by atoms with Gasteiger partial charge in [0.1, 0.15) is 0 Å². The first-order chi connectivity index (χ1) is 8.62. The summed E-state index contributed by atoms with van der Waals surface area (Å²) in [6.07, 6.45) is 0. The Labute approximate surface area is 113 Å². The van der Waals surface area contributed by atoms with E-state index in [0.717, 1.165) is 25.1 Å². The molecule has 1 unspecified atom stereocenters. The van der Waals surface area contributed by atoms with E-state index in [-0.39, 0.29) is 10.7 Å². The molecule has 7 nitrogen and oxygen atoms in total. The Balaban J connectivity index is 3.20. The highest BCUT2D eigenvalue weighted by atomic mass is 35.5. The SMILES string of the molecule is CC(=O)C(Nc1cc(S(=O)(=O)O)ccc1Cl)C(=O)O. The number of anilines is 1. The minimum absolute atomic E-state index is 0.0138. The van der Waals surface area contributed by atoms with Gasteiger partial charge in [0.25, 0.3) is 10.1 Å². The summed E-state index contributed by atoms with van der Waals surface area (Å²) in [6, 6.07) is 1.59. The van der Waals surface area contributed by atoms with Crippen molar-refractivity contribution in [2.45, 2.75) is 17.9 Å². The summed E-state index contributed by atoms with van der Waals surface area (Å²) in [5.41, 5.74) is -0.0839. The van der Waals surface area contributed by atoms with Gasteiger partial charge in [-0.15, -0.1) is 0 Å². The van der Waals surface area contributed by atoms with E-state index in [1.165, 1.54) is 0 Å². The molecule has 0 aliphatic heterocycles. The zero-order valence-electron chi connectivity index (χ0n) is 9.62. The fourth-order valence-electron chi connectivity index (χ4n) is 1.27. The van der Waals surface area contributed by atoms with Crippen LogP contribution in [0.25, 0.3) is 0 Å². The maximum Gasteiger partial charge on any atom is 0.333 e. The standard InChI is InChI=1S/C10H10ClNO6S/c1-5(13)9(10(14)15)12-8-4-6(19(16,17)18)2-3-7(8)11/h2-4,9,12H,1H3,(H,14,15)(H,16,17,18). The summed E-state index contributed by atoms with van der Waals surface area (Å²) in [6.45, 7) is 1.06. The van der Waals surface area contributed by atoms with Crippen molar-refractivity contribution in [2.75, 3.05) is 5.32 Å². The third-order valence-corrected chi connectivity index (χ3v) is 3.37. The van der Waals surface area contributed by atoms with Gasteiger partial charge < -0.3 is 10.4 Å². The quantitative estimate of drug-likeness (QED) is 0.549. The number of carbonyl (C=O) groups excluding carboxylic acids is 1. The van der Waals surface area contributed by atoms with Crippen LogP contribution in [0.2, 0.25) is 5.02 Å². The molecule has 0 aromatic heterocycles. The largest absolute Gasteiger partial charge is 0.479 e. The minimum atomic E-state index is -4.45. The van der Waals surface area contributed by atoms with E-state index >= 15 is 0 Å². The number of ketones is 1. The molecule has 0 aliphatic rings. The zero-order chi connectivity index (χ0) is 14.8. The van der Waals surface area contributed by atoms with Gasteiger partial charge in [-0.2, -0.15) is 8.42 Å². The molecule has 3 N–H and O–H groups in total. The Morgan fingerprint density at radius 1 is 1.37 bits per heavy atom. The highest BCUT2D eigenvalue weighted by Crippen LogP contribution is 2.26. The number of aliphatic carboxylic acids is 1. The highest BCUT2D eigenvalue weighted by molar-refractivity contribution is 7.85. The van der Waals surface area contributed by atoms with Crippen LogP contribution in [0.15, 0.2) is 23.1 Å². The van der Waals surface area contributed by atoms with Crippen molar-refractivity contribution in [3.63, 3.8) is 0 Å². The average Bonchev–Trinajstić information content (AvgIpc) is 2.25. The molecule has 0 radical (unpaired) electrons. The van der Waals surface area contributed by atoms with Gasteiger partial charge in [-0.3, -0.25) is 9.35 Å². The summed E-state index contributed by atoms with van der Waals surface area (Å²) in [4.78, 5) is 21.5. The van der Waals surface area contributed by atoms with E-state index in [1.54, 1.807) is 0 Å². The number of hydrogen-bond acceptors (Lipinski definition) is 5. The van der Waals surface area contributed by atoms with E-state index in [4.69, 9.17) is 21.3 Å². The van der Waals surface area contributed by atoms with Crippen LogP contribution in [-0.4, -0.2) is 35.9 Å². The van der Waals surface area contributed by atoms with Crippen LogP contribution in [0, 0.1) is 0 Å². The number of nitrogens with one attached hydrogen (secondary N) is 1. The summed E-state index contributed by atoms with van der Waals surface area (Å²) in [5, 5.41) is 11.1. The molecule has 1 rings (SSSR count). The number of rotatable bonds is 5. The molecule has 1 aromatic rings. The summed E-state index contributed by atoms with van der Waals surface area (Å²) < 4.78 is 30.8. The number of halogens is 1. The van der Waals surface area contributed by atoms with Crippen molar-refractivity contribution < 1.29 is 27.7 Å². The third-order valence-electron chi connectivity index (χ3n) is 2.19. The maximum absolute atomic E-state index is 11.1. The lowest BCUT2D eigenvalue weighted by Gasteiger charge is -2.14. The Kier molecular flexibility index (Phi) is 4.51. The van der Waals surface area contributed by atoms with Gasteiger partial charge >= 0.3 is 5.97 Å². The van der Waals surface area contributed by atoms with Gasteiger partial charge in [-0.1, -0.05) is 11.6 Å². The van der Waals surface area contributed by atoms with Crippen LogP contribution in [0.5, 0.6) is 0 Å². The molecule has 9 heteroatoms. The first kappa shape index (κ1) is 15.4. The normalized spacial score (nSPS) is 12.8. The molecule has 1 atom stereocenters. The van der Waals surface area contributed by atoms with Crippen LogP contribution in [0.4, 0.5) is 5.69 Å². The second kappa shape index (κ2) is 5.55. The van der Waals surface area contributed by atoms with E-state index in [1.807, 2.05) is 0 Å². The molecular weight excluding hydrogens is 298 g/mol. The molecule has 0 saturated heterocycles. The van der Waals surface area contributed by atoms with Crippen molar-refractivity contribution in [2.24, 2.45) is 0 Å². The van der Waals surface area contributed by atoms with Crippen molar-refractivity contribution in [3.05, 3.63) is 23.2 Å². The number of Topliss-reactive ketones (excluding diaryl/α,β-unsaturated/α-hetero) is 1. The van der Waals surface area contributed by atoms with Crippen molar-refractivity contribution >= 4 is 39.2 Å². The second-order valence-corrected chi connectivity index (χ2v) is 5.47. The molecule has 0 fully saturated rings. The van der Waals surface area contributed by atoms with Crippen LogP contribution < -0.4 is 5.32 Å². The smallest absolute Gasteiger partial charge is 0.333 e. The molecule has 104 valence electrons. The van der Waals surface area contributed by atoms with Gasteiger partial charge in [0.2, 0.25) is 0 Å². The Hall–Kier alpha value is -1.64. The van der Waals surface area contributed by atoms with Crippen LogP contribution in [-0.2, 0) is 19.7 Å². The fourth-order valence-corrected chi connectivity index (χ4v) is 1.95. The number of carbonyl (C=O) groups is 2. The molecule has 0 aliphatic carbocycles. The predicted molar refractivity (Wildman–Crippen MR) is 67.0 cm³/mol. The molecule has 0 spiro atoms. The Morgan fingerprint density at radius 2 is 1.95 bits per heavy atom. The average molecular weight is 308 g/mol. The summed E-state index contributed by atoms with van der Waals surface area (Å²) >= 11 is 5.76. The maximum atomic E-state index is 11.1. The minimum Gasteiger partial charge on any atom is -0.479 e. The van der Waals surface area contributed by atoms with Crippen molar-refractivity contribution in [1.29, 1.82) is 0 Å². The number of hydrogen-bond donors (Lipinski definition) is 3. The van der Waals surface area contributed by atoms with E-state index in [2.05, 4.69) is 5.32 Å². The second-order valence-electron chi connectivity index (χ2n) is 3.64. The summed E-state index contributed by atoms with van der Waals surface area (Å²) in [7, 11) is -4.45. The van der Waals surface area contributed by atoms with Crippen LogP contribution in [0.1, 0.15) is 6.92 Å². The van der Waals surface area contributed by atoms with E-state index in [9.17, 15) is 18.0 Å². The van der Waals surface area contributed by atoms with Crippen LogP contribution >= 0.6 is 11.6 Å². The van der Waals surface area contributed by atoms with Crippen molar-refractivity contribution in [1.82, 2.24) is 0 Å². The van der Waals surface area contributed by atoms with Gasteiger partial charge in [0, 0.05) is 0 Å². The molecule has 0 bridgehead atoms. The topological polar surface area (TPSA) is 121 Å². The molecule has 0 saturated carbocycles. The molecule has 0 heterocycles. The van der Waals surface area contributed by atoms with Crippen molar-refractivity contribution in [3.8, 4) is 0 Å². The molecule has 0 amide bonds. The van der Waals surface area contributed by atoms with E-state index in [0.29, 0.717) is 0 Å². The van der Waals surface area contributed by atoms with Gasteiger partial charge in [0.15, 0.2) is 11.8 Å². The Morgan fingerprint density at radius 3 is 2.37 bits per heavy atom. The lowest BCUT2D eigenvalue weighted by atomic mass is 10.2. The van der Waals surface area contributed by atoms with Gasteiger partial charge in [-0.05, 0) is 25.1 Å². The monoisotopic (exact) mass is 307 g/mol. The molecular formula is C10H10ClNO6S. The summed E-state index contributed by atoms with van der Waals surface area (Å²) in [5.74, 6) is -2.11. The molecule has 1 aromatic carbocycles. The number of carboxylic acids is 1. The van der Waals surface area contributed by atoms with Gasteiger partial charge in [0.05, 0.1) is 15.6 Å². The first-order valence-corrected chi connectivity index (χ1v) is 6.71. The van der Waals surface area contributed by atoms with Crippen LogP contribution in [0.3, 0.4) is 0 Å². The number of benzene rings is 1. The van der Waals surface area contributed by atoms with E-state index < -0.39 is 32.8 Å². The fraction of sp³-hybridized carbons (Fsp3) is 0.200. The molecule has 19 heavy (non-hydrogen) atoms. The lowest BCUT2D eigenvalue weighted by molar-refractivity contribution is -0.140. The third kappa shape index (κ3) is 3.91. The van der Waals surface area contributed by atoms with Gasteiger partial charge in [-0.25, -0.2) is 4.79 Å². The lowest BCUT2D eigenvalue weighted by Crippen LogP contribution is -2.35. The highest BCUT2D eigenvalue weighted by Gasteiger charge is 2.23. The first-order valence-electron chi connectivity index (χ1n) is 4.89. The zero-order valence-corrected chi connectivity index (χ0v) is 11.2. The Bertz CT molecular complexity index is 613.